The van der Waals surface area contributed by atoms with Gasteiger partial charge in [0, 0.05) is 5.56 Å². The number of halogens is 2. The predicted molar refractivity (Wildman–Crippen MR) is 78.0 cm³/mol. The summed E-state index contributed by atoms with van der Waals surface area (Å²) in [5.41, 5.74) is 6.22. The third-order valence-electron chi connectivity index (χ3n) is 2.51. The molecule has 2 rings (SSSR count). The Morgan fingerprint density at radius 1 is 1.26 bits per heavy atom. The van der Waals surface area contributed by atoms with Crippen molar-refractivity contribution in [3.05, 3.63) is 60.9 Å². The average Bonchev–Trinajstić information content (AvgIpc) is 2.40. The van der Waals surface area contributed by atoms with Crippen molar-refractivity contribution >= 4 is 37.8 Å². The van der Waals surface area contributed by atoms with Crippen LogP contribution >= 0.6 is 31.9 Å². The van der Waals surface area contributed by atoms with E-state index < -0.39 is 5.91 Å². The van der Waals surface area contributed by atoms with Gasteiger partial charge in [-0.3, -0.25) is 9.59 Å². The number of amides is 1. The van der Waals surface area contributed by atoms with Crippen molar-refractivity contribution in [1.29, 1.82) is 0 Å². The first-order valence-electron chi connectivity index (χ1n) is 5.29. The minimum atomic E-state index is -0.478. The highest BCUT2D eigenvalue weighted by molar-refractivity contribution is 9.13. The lowest BCUT2D eigenvalue weighted by Crippen LogP contribution is -2.24. The molecule has 0 aliphatic rings. The van der Waals surface area contributed by atoms with Crippen LogP contribution in [-0.2, 0) is 6.54 Å². The zero-order valence-electron chi connectivity index (χ0n) is 9.64. The van der Waals surface area contributed by atoms with Gasteiger partial charge in [-0.2, -0.15) is 5.10 Å². The Morgan fingerprint density at radius 2 is 1.89 bits per heavy atom. The number of rotatable bonds is 3. The molecule has 2 N–H and O–H groups in total. The maximum Gasteiger partial charge on any atom is 0.282 e. The number of primary amides is 1. The maximum atomic E-state index is 11.9. The largest absolute Gasteiger partial charge is 0.366 e. The molecule has 0 unspecified atom stereocenters. The molecule has 0 aliphatic heterocycles. The summed E-state index contributed by atoms with van der Waals surface area (Å²) in [4.78, 5) is 22.9. The molecule has 2 aromatic rings. The lowest BCUT2D eigenvalue weighted by Gasteiger charge is -2.06. The van der Waals surface area contributed by atoms with E-state index in [1.54, 1.807) is 30.5 Å². The van der Waals surface area contributed by atoms with Crippen LogP contribution < -0.4 is 11.3 Å². The van der Waals surface area contributed by atoms with Crippen LogP contribution in [0.2, 0.25) is 0 Å². The van der Waals surface area contributed by atoms with Crippen molar-refractivity contribution in [2.75, 3.05) is 0 Å². The highest BCUT2D eigenvalue weighted by Gasteiger charge is 2.07. The number of hydrogen-bond acceptors (Lipinski definition) is 3. The zero-order chi connectivity index (χ0) is 14.0. The second kappa shape index (κ2) is 5.66. The first kappa shape index (κ1) is 14.0. The van der Waals surface area contributed by atoms with Crippen molar-refractivity contribution in [3.8, 4) is 0 Å². The van der Waals surface area contributed by atoms with Crippen LogP contribution in [0, 0.1) is 0 Å². The molecule has 0 saturated carbocycles. The summed E-state index contributed by atoms with van der Waals surface area (Å²) in [6.07, 6.45) is 1.54. The summed E-state index contributed by atoms with van der Waals surface area (Å²) in [6.45, 7) is 0.323. The van der Waals surface area contributed by atoms with Crippen molar-refractivity contribution in [1.82, 2.24) is 9.78 Å². The Bertz CT molecular complexity index is 680. The number of benzene rings is 1. The van der Waals surface area contributed by atoms with Gasteiger partial charge in [-0.25, -0.2) is 4.68 Å². The smallest absolute Gasteiger partial charge is 0.282 e. The molecule has 0 radical (unpaired) electrons. The first-order chi connectivity index (χ1) is 8.99. The van der Waals surface area contributed by atoms with Crippen LogP contribution in [0.4, 0.5) is 0 Å². The summed E-state index contributed by atoms with van der Waals surface area (Å²) >= 11 is 6.41. The number of nitrogens with zero attached hydrogens (tertiary/aromatic N) is 2. The van der Waals surface area contributed by atoms with Gasteiger partial charge in [0.1, 0.15) is 4.47 Å². The van der Waals surface area contributed by atoms with E-state index in [-0.39, 0.29) is 5.56 Å². The van der Waals surface area contributed by atoms with Crippen LogP contribution in [-0.4, -0.2) is 15.7 Å². The van der Waals surface area contributed by atoms with Crippen molar-refractivity contribution in [3.63, 3.8) is 0 Å². The van der Waals surface area contributed by atoms with Gasteiger partial charge in [-0.1, -0.05) is 12.1 Å². The number of carbonyl (C=O) groups is 1. The van der Waals surface area contributed by atoms with Crippen molar-refractivity contribution in [2.45, 2.75) is 6.54 Å². The van der Waals surface area contributed by atoms with E-state index in [0.717, 1.165) is 5.56 Å². The predicted octanol–water partition coefficient (Wildman–Crippen LogP) is 1.92. The summed E-state index contributed by atoms with van der Waals surface area (Å²) in [6, 6.07) is 6.72. The molecular weight excluding hydrogens is 378 g/mol. The number of aromatic nitrogens is 2. The standard InChI is InChI=1S/C12H9Br2N3O2/c13-9-5-16-17(12(19)10(9)14)6-7-1-3-8(4-2-7)11(15)18/h1-5H,6H2,(H2,15,18). The highest BCUT2D eigenvalue weighted by Crippen LogP contribution is 2.16. The minimum Gasteiger partial charge on any atom is -0.366 e. The molecule has 0 fully saturated rings. The van der Waals surface area contributed by atoms with Gasteiger partial charge in [-0.05, 0) is 49.6 Å². The van der Waals surface area contributed by atoms with E-state index in [2.05, 4.69) is 37.0 Å². The SMILES string of the molecule is NC(=O)c1ccc(Cn2ncc(Br)c(Br)c2=O)cc1. The van der Waals surface area contributed by atoms with E-state index in [4.69, 9.17) is 5.73 Å². The fourth-order valence-electron chi connectivity index (χ4n) is 1.50. The summed E-state index contributed by atoms with van der Waals surface area (Å²) in [7, 11) is 0. The molecule has 1 aromatic carbocycles. The fourth-order valence-corrected chi connectivity index (χ4v) is 2.07. The van der Waals surface area contributed by atoms with E-state index in [9.17, 15) is 9.59 Å². The molecule has 0 spiro atoms. The van der Waals surface area contributed by atoms with Gasteiger partial charge >= 0.3 is 0 Å². The van der Waals surface area contributed by atoms with E-state index in [1.807, 2.05) is 0 Å². The monoisotopic (exact) mass is 385 g/mol. The van der Waals surface area contributed by atoms with E-state index in [0.29, 0.717) is 21.1 Å². The molecule has 1 aromatic heterocycles. The Morgan fingerprint density at radius 3 is 2.47 bits per heavy atom. The molecule has 0 aliphatic carbocycles. The third kappa shape index (κ3) is 3.10. The van der Waals surface area contributed by atoms with Gasteiger partial charge in [0.05, 0.1) is 17.2 Å². The number of carbonyl (C=O) groups excluding carboxylic acids is 1. The Balaban J connectivity index is 2.29. The molecule has 1 amide bonds. The third-order valence-corrected chi connectivity index (χ3v) is 4.41. The molecule has 98 valence electrons. The topological polar surface area (TPSA) is 78.0 Å². The molecule has 0 saturated heterocycles. The number of nitrogens with two attached hydrogens (primary N) is 1. The normalized spacial score (nSPS) is 10.4. The zero-order valence-corrected chi connectivity index (χ0v) is 12.8. The van der Waals surface area contributed by atoms with Crippen LogP contribution in [0.5, 0.6) is 0 Å². The molecule has 7 heteroatoms. The Hall–Kier alpha value is -1.47. The molecule has 0 atom stereocenters. The van der Waals surface area contributed by atoms with Crippen molar-refractivity contribution < 1.29 is 4.79 Å². The van der Waals surface area contributed by atoms with Gasteiger partial charge in [-0.15, -0.1) is 0 Å². The maximum absolute atomic E-state index is 11.9. The van der Waals surface area contributed by atoms with Gasteiger partial charge in [0.25, 0.3) is 5.56 Å². The summed E-state index contributed by atoms with van der Waals surface area (Å²) in [5, 5.41) is 4.03. The van der Waals surface area contributed by atoms with Crippen molar-refractivity contribution in [2.24, 2.45) is 5.73 Å². The van der Waals surface area contributed by atoms with Crippen LogP contribution in [0.3, 0.4) is 0 Å². The quantitative estimate of drug-likeness (QED) is 0.875. The summed E-state index contributed by atoms with van der Waals surface area (Å²) < 4.78 is 2.36. The van der Waals surface area contributed by atoms with Crippen LogP contribution in [0.15, 0.2) is 44.2 Å². The molecule has 0 bridgehead atoms. The minimum absolute atomic E-state index is 0.228. The first-order valence-corrected chi connectivity index (χ1v) is 6.87. The molecule has 5 nitrogen and oxygen atoms in total. The second-order valence-corrected chi connectivity index (χ2v) is 5.48. The highest BCUT2D eigenvalue weighted by atomic mass is 79.9. The lowest BCUT2D eigenvalue weighted by molar-refractivity contribution is 0.100. The molecule has 19 heavy (non-hydrogen) atoms. The Kier molecular flexibility index (Phi) is 4.16. The summed E-state index contributed by atoms with van der Waals surface area (Å²) in [5.74, 6) is -0.478. The number of hydrogen-bond donors (Lipinski definition) is 1. The average molecular weight is 387 g/mol. The molecular formula is C12H9Br2N3O2. The second-order valence-electron chi connectivity index (χ2n) is 3.83. The van der Waals surface area contributed by atoms with E-state index >= 15 is 0 Å². The van der Waals surface area contributed by atoms with E-state index in [1.165, 1.54) is 4.68 Å². The van der Waals surface area contributed by atoms with Gasteiger partial charge in [0.2, 0.25) is 5.91 Å². The van der Waals surface area contributed by atoms with Gasteiger partial charge in [0.15, 0.2) is 0 Å². The van der Waals surface area contributed by atoms with Crippen LogP contribution in [0.25, 0.3) is 0 Å². The Labute approximate surface area is 125 Å². The molecule has 1 heterocycles. The van der Waals surface area contributed by atoms with Crippen LogP contribution in [0.1, 0.15) is 15.9 Å². The van der Waals surface area contributed by atoms with Gasteiger partial charge < -0.3 is 5.73 Å². The lowest BCUT2D eigenvalue weighted by atomic mass is 10.1. The fraction of sp³-hybridized carbons (Fsp3) is 0.0833.